The number of hydrogen-bond acceptors (Lipinski definition) is 2. The minimum absolute atomic E-state index is 0.0574. The molecular weight excluding hydrogens is 208 g/mol. The van der Waals surface area contributed by atoms with Crippen LogP contribution in [-0.4, -0.2) is 12.6 Å². The molecule has 0 radical (unpaired) electrons. The van der Waals surface area contributed by atoms with E-state index in [1.54, 1.807) is 0 Å². The van der Waals surface area contributed by atoms with Gasteiger partial charge in [0.15, 0.2) is 0 Å². The summed E-state index contributed by atoms with van der Waals surface area (Å²) in [6.07, 6.45) is 0. The van der Waals surface area contributed by atoms with Gasteiger partial charge in [0.25, 0.3) is 0 Å². The number of rotatable bonds is 4. The van der Waals surface area contributed by atoms with E-state index >= 15 is 0 Å². The number of benzene rings is 2. The summed E-state index contributed by atoms with van der Waals surface area (Å²) in [6, 6.07) is 15.3. The van der Waals surface area contributed by atoms with Gasteiger partial charge in [0, 0.05) is 18.6 Å². The van der Waals surface area contributed by atoms with Gasteiger partial charge < -0.3 is 11.1 Å². The Morgan fingerprint density at radius 2 is 1.76 bits per heavy atom. The van der Waals surface area contributed by atoms with Gasteiger partial charge in [0.1, 0.15) is 0 Å². The first-order valence-corrected chi connectivity index (χ1v) is 6.14. The normalized spacial score (nSPS) is 13.2. The summed E-state index contributed by atoms with van der Waals surface area (Å²) < 4.78 is 0. The molecule has 0 aliphatic rings. The van der Waals surface area contributed by atoms with Gasteiger partial charge in [0.2, 0.25) is 0 Å². The molecule has 3 N–H and O–H groups in total. The first-order valence-electron chi connectivity index (χ1n) is 6.14. The first-order chi connectivity index (χ1) is 8.16. The lowest BCUT2D eigenvalue weighted by molar-refractivity contribution is 0.538. The highest BCUT2D eigenvalue weighted by Crippen LogP contribution is 2.18. The van der Waals surface area contributed by atoms with E-state index in [0.717, 1.165) is 6.54 Å². The van der Waals surface area contributed by atoms with Crippen molar-refractivity contribution in [1.29, 1.82) is 0 Å². The Kier molecular flexibility index (Phi) is 3.77. The van der Waals surface area contributed by atoms with Crippen molar-refractivity contribution < 1.29 is 0 Å². The Morgan fingerprint density at radius 3 is 2.47 bits per heavy atom. The molecular formula is C15H20N2. The smallest absolute Gasteiger partial charge is 0.0422 e. The van der Waals surface area contributed by atoms with Crippen LogP contribution in [0.15, 0.2) is 42.5 Å². The molecule has 2 nitrogen and oxygen atoms in total. The molecule has 0 saturated heterocycles. The molecule has 2 heteroatoms. The summed E-state index contributed by atoms with van der Waals surface area (Å²) >= 11 is 0. The molecule has 0 fully saturated rings. The summed E-state index contributed by atoms with van der Waals surface area (Å²) in [5, 5.41) is 5.89. The van der Waals surface area contributed by atoms with E-state index in [4.69, 9.17) is 5.73 Å². The van der Waals surface area contributed by atoms with Crippen LogP contribution in [-0.2, 0) is 0 Å². The van der Waals surface area contributed by atoms with E-state index in [2.05, 4.69) is 61.6 Å². The van der Waals surface area contributed by atoms with Crippen molar-refractivity contribution in [3.05, 3.63) is 48.0 Å². The fourth-order valence-corrected chi connectivity index (χ4v) is 1.92. The highest BCUT2D eigenvalue weighted by atomic mass is 14.9. The average Bonchev–Trinajstić information content (AvgIpc) is 2.35. The predicted octanol–water partition coefficient (Wildman–Crippen LogP) is 2.84. The van der Waals surface area contributed by atoms with Crippen molar-refractivity contribution >= 4 is 10.8 Å². The van der Waals surface area contributed by atoms with Gasteiger partial charge in [-0.3, -0.25) is 0 Å². The minimum Gasteiger partial charge on any atom is -0.323 e. The first kappa shape index (κ1) is 12.1. The number of hydrogen-bond donors (Lipinski definition) is 2. The van der Waals surface area contributed by atoms with Crippen LogP contribution >= 0.6 is 0 Å². The van der Waals surface area contributed by atoms with Crippen molar-refractivity contribution in [2.45, 2.75) is 25.9 Å². The standard InChI is InChI=1S/C15H20N2/c1-11(2)17-10-15(16)14-8-7-12-5-3-4-6-13(12)9-14/h3-9,11,15,17H,10,16H2,1-2H3. The highest BCUT2D eigenvalue weighted by molar-refractivity contribution is 5.83. The zero-order chi connectivity index (χ0) is 12.3. The molecule has 17 heavy (non-hydrogen) atoms. The molecule has 0 aromatic heterocycles. The molecule has 2 aromatic carbocycles. The summed E-state index contributed by atoms with van der Waals surface area (Å²) in [5.74, 6) is 0. The third kappa shape index (κ3) is 3.05. The number of nitrogens with one attached hydrogen (secondary N) is 1. The Bertz CT molecular complexity index is 491. The SMILES string of the molecule is CC(C)NCC(N)c1ccc2ccccc2c1. The van der Waals surface area contributed by atoms with Gasteiger partial charge >= 0.3 is 0 Å². The van der Waals surface area contributed by atoms with Gasteiger partial charge in [-0.15, -0.1) is 0 Å². The van der Waals surface area contributed by atoms with Crippen LogP contribution < -0.4 is 11.1 Å². The zero-order valence-corrected chi connectivity index (χ0v) is 10.5. The van der Waals surface area contributed by atoms with Crippen LogP contribution in [0.5, 0.6) is 0 Å². The second-order valence-corrected chi connectivity index (χ2v) is 4.78. The highest BCUT2D eigenvalue weighted by Gasteiger charge is 2.06. The van der Waals surface area contributed by atoms with Crippen molar-refractivity contribution in [2.75, 3.05) is 6.54 Å². The van der Waals surface area contributed by atoms with Gasteiger partial charge in [-0.2, -0.15) is 0 Å². The summed E-state index contributed by atoms with van der Waals surface area (Å²) in [6.45, 7) is 5.08. The second-order valence-electron chi connectivity index (χ2n) is 4.78. The molecule has 1 unspecified atom stereocenters. The van der Waals surface area contributed by atoms with E-state index in [1.165, 1.54) is 16.3 Å². The average molecular weight is 228 g/mol. The molecule has 0 heterocycles. The lowest BCUT2D eigenvalue weighted by Crippen LogP contribution is -2.31. The second kappa shape index (κ2) is 5.30. The minimum atomic E-state index is 0.0574. The van der Waals surface area contributed by atoms with Crippen LogP contribution in [0.4, 0.5) is 0 Å². The third-order valence-electron chi connectivity index (χ3n) is 2.95. The predicted molar refractivity (Wildman–Crippen MR) is 74.0 cm³/mol. The van der Waals surface area contributed by atoms with E-state index in [0.29, 0.717) is 6.04 Å². The maximum absolute atomic E-state index is 6.17. The Balaban J connectivity index is 2.18. The molecule has 90 valence electrons. The Hall–Kier alpha value is -1.38. The van der Waals surface area contributed by atoms with Crippen molar-refractivity contribution in [3.8, 4) is 0 Å². The van der Waals surface area contributed by atoms with Gasteiger partial charge in [-0.05, 0) is 22.4 Å². The van der Waals surface area contributed by atoms with Crippen LogP contribution in [0.2, 0.25) is 0 Å². The Morgan fingerprint density at radius 1 is 1.06 bits per heavy atom. The van der Waals surface area contributed by atoms with Gasteiger partial charge in [-0.25, -0.2) is 0 Å². The van der Waals surface area contributed by atoms with Crippen molar-refractivity contribution in [2.24, 2.45) is 5.73 Å². The molecule has 2 rings (SSSR count). The molecule has 0 spiro atoms. The number of nitrogens with two attached hydrogens (primary N) is 1. The van der Waals surface area contributed by atoms with Crippen molar-refractivity contribution in [1.82, 2.24) is 5.32 Å². The maximum Gasteiger partial charge on any atom is 0.0422 e. The van der Waals surface area contributed by atoms with Crippen LogP contribution in [0, 0.1) is 0 Å². The van der Waals surface area contributed by atoms with E-state index < -0.39 is 0 Å². The van der Waals surface area contributed by atoms with E-state index in [9.17, 15) is 0 Å². The Labute approximate surface area is 103 Å². The lowest BCUT2D eigenvalue weighted by Gasteiger charge is -2.15. The van der Waals surface area contributed by atoms with Crippen LogP contribution in [0.25, 0.3) is 10.8 Å². The molecule has 0 aliphatic heterocycles. The fraction of sp³-hybridized carbons (Fsp3) is 0.333. The largest absolute Gasteiger partial charge is 0.323 e. The fourth-order valence-electron chi connectivity index (χ4n) is 1.92. The van der Waals surface area contributed by atoms with Gasteiger partial charge in [0.05, 0.1) is 0 Å². The molecule has 0 aliphatic carbocycles. The summed E-state index contributed by atoms with van der Waals surface area (Å²) in [4.78, 5) is 0. The molecule has 0 amide bonds. The van der Waals surface area contributed by atoms with Crippen molar-refractivity contribution in [3.63, 3.8) is 0 Å². The number of fused-ring (bicyclic) bond motifs is 1. The third-order valence-corrected chi connectivity index (χ3v) is 2.95. The molecule has 2 aromatic rings. The maximum atomic E-state index is 6.17. The summed E-state index contributed by atoms with van der Waals surface area (Å²) in [7, 11) is 0. The molecule has 1 atom stereocenters. The van der Waals surface area contributed by atoms with Crippen LogP contribution in [0.3, 0.4) is 0 Å². The zero-order valence-electron chi connectivity index (χ0n) is 10.5. The summed E-state index contributed by atoms with van der Waals surface area (Å²) in [5.41, 5.74) is 7.36. The lowest BCUT2D eigenvalue weighted by atomic mass is 10.0. The van der Waals surface area contributed by atoms with Gasteiger partial charge in [-0.1, -0.05) is 50.2 Å². The topological polar surface area (TPSA) is 38.0 Å². The molecule has 0 saturated carbocycles. The van der Waals surface area contributed by atoms with E-state index in [1.807, 2.05) is 0 Å². The van der Waals surface area contributed by atoms with Crippen LogP contribution in [0.1, 0.15) is 25.5 Å². The monoisotopic (exact) mass is 228 g/mol. The quantitative estimate of drug-likeness (QED) is 0.844. The molecule has 0 bridgehead atoms. The van der Waals surface area contributed by atoms with E-state index in [-0.39, 0.29) is 6.04 Å².